The molecule has 25 heavy (non-hydrogen) atoms. The minimum absolute atomic E-state index is 0.333. The zero-order chi connectivity index (χ0) is 17.4. The van der Waals surface area contributed by atoms with Crippen molar-refractivity contribution in [1.29, 1.82) is 0 Å². The van der Waals surface area contributed by atoms with Crippen molar-refractivity contribution in [2.75, 3.05) is 0 Å². The number of nitrogens with zero attached hydrogens (tertiary/aromatic N) is 4. The van der Waals surface area contributed by atoms with E-state index in [9.17, 15) is 4.39 Å². The fourth-order valence-corrected chi connectivity index (χ4v) is 2.91. The number of halogens is 2. The second-order valence-corrected chi connectivity index (χ2v) is 5.83. The molecular weight excluding hydrogens is 339 g/mol. The third kappa shape index (κ3) is 2.63. The Morgan fingerprint density at radius 1 is 1.08 bits per heavy atom. The number of benzene rings is 1. The largest absolute Gasteiger partial charge is 0.362 e. The summed E-state index contributed by atoms with van der Waals surface area (Å²) in [4.78, 5) is 12.0. The van der Waals surface area contributed by atoms with Gasteiger partial charge in [-0.2, -0.15) is 0 Å². The molecule has 0 bridgehead atoms. The molecule has 0 amide bonds. The Hall–Kier alpha value is -3.23. The summed E-state index contributed by atoms with van der Waals surface area (Å²) in [5.41, 5.74) is 3.05. The fourth-order valence-electron chi connectivity index (χ4n) is 2.74. The van der Waals surface area contributed by atoms with Crippen LogP contribution >= 0.6 is 11.6 Å². The molecule has 120 valence electrons. The van der Waals surface area contributed by atoms with Crippen LogP contribution in [-0.4, -0.2) is 14.4 Å². The molecule has 0 saturated heterocycles. The highest BCUT2D eigenvalue weighted by Gasteiger charge is 2.15. The quantitative estimate of drug-likeness (QED) is 0.454. The van der Waals surface area contributed by atoms with Crippen molar-refractivity contribution < 1.29 is 4.39 Å². The van der Waals surface area contributed by atoms with Gasteiger partial charge in [0.25, 0.3) is 5.82 Å². The molecule has 0 radical (unpaired) electrons. The number of imidazole rings is 1. The maximum absolute atomic E-state index is 14.3. The summed E-state index contributed by atoms with van der Waals surface area (Å²) >= 11 is 6.03. The van der Waals surface area contributed by atoms with Crippen molar-refractivity contribution >= 4 is 23.1 Å². The van der Waals surface area contributed by atoms with Crippen molar-refractivity contribution in [3.05, 3.63) is 83.3 Å². The Morgan fingerprint density at radius 2 is 1.96 bits per heavy atom. The Bertz CT molecular complexity index is 1140. The number of rotatable bonds is 2. The first-order valence-electron chi connectivity index (χ1n) is 7.43. The Kier molecular flexibility index (Phi) is 3.68. The second-order valence-electron chi connectivity index (χ2n) is 5.40. The van der Waals surface area contributed by atoms with Crippen LogP contribution in [0.1, 0.15) is 0 Å². The van der Waals surface area contributed by atoms with Gasteiger partial charge in [-0.25, -0.2) is 13.8 Å². The summed E-state index contributed by atoms with van der Waals surface area (Å²) in [6, 6.07) is 11.7. The van der Waals surface area contributed by atoms with E-state index in [4.69, 9.17) is 18.2 Å². The molecule has 3 heterocycles. The van der Waals surface area contributed by atoms with Gasteiger partial charge in [0.05, 0.1) is 18.1 Å². The minimum atomic E-state index is -0.394. The van der Waals surface area contributed by atoms with Gasteiger partial charge in [0, 0.05) is 34.0 Å². The summed E-state index contributed by atoms with van der Waals surface area (Å²) in [5.74, 6) is 0.0196. The van der Waals surface area contributed by atoms with Crippen LogP contribution in [0.4, 0.5) is 10.2 Å². The lowest BCUT2D eigenvalue weighted by Gasteiger charge is -2.10. The predicted molar refractivity (Wildman–Crippen MR) is 95.1 cm³/mol. The SMILES string of the molecule is [C-]#[N+]c1cnc2ccc(-c3cccnc3-c3cc(Cl)ccc3F)cn12. The lowest BCUT2D eigenvalue weighted by Crippen LogP contribution is -1.93. The third-order valence-electron chi connectivity index (χ3n) is 3.90. The van der Waals surface area contributed by atoms with Crippen LogP contribution in [0, 0.1) is 12.4 Å². The molecule has 0 aliphatic carbocycles. The standard InChI is InChI=1S/C19H10ClFN4/c1-22-18-10-24-17-7-4-12(11-25(17)18)14-3-2-8-23-19(14)15-9-13(20)5-6-16(15)21/h2-11H. The van der Waals surface area contributed by atoms with Crippen LogP contribution < -0.4 is 0 Å². The number of hydrogen-bond acceptors (Lipinski definition) is 2. The lowest BCUT2D eigenvalue weighted by molar-refractivity contribution is 0.631. The van der Waals surface area contributed by atoms with Gasteiger partial charge in [0.2, 0.25) is 5.65 Å². The molecule has 3 aromatic heterocycles. The molecule has 0 saturated carbocycles. The molecule has 0 spiro atoms. The molecule has 0 unspecified atom stereocenters. The predicted octanol–water partition coefficient (Wildman–Crippen LogP) is 5.41. The smallest absolute Gasteiger partial charge is 0.254 e. The number of fused-ring (bicyclic) bond motifs is 1. The van der Waals surface area contributed by atoms with E-state index in [1.54, 1.807) is 28.9 Å². The Balaban J connectivity index is 1.96. The van der Waals surface area contributed by atoms with E-state index in [1.807, 2.05) is 18.2 Å². The summed E-state index contributed by atoms with van der Waals surface area (Å²) in [5, 5.41) is 0.438. The molecule has 4 aromatic rings. The summed E-state index contributed by atoms with van der Waals surface area (Å²) in [6.45, 7) is 7.23. The molecular formula is C19H10ClFN4. The number of aromatic nitrogens is 3. The maximum atomic E-state index is 14.3. The van der Waals surface area contributed by atoms with Crippen LogP contribution in [0.25, 0.3) is 32.9 Å². The monoisotopic (exact) mass is 348 g/mol. The molecule has 0 atom stereocenters. The second kappa shape index (κ2) is 6.00. The zero-order valence-electron chi connectivity index (χ0n) is 12.8. The highest BCUT2D eigenvalue weighted by atomic mass is 35.5. The first-order chi connectivity index (χ1) is 12.2. The first-order valence-corrected chi connectivity index (χ1v) is 7.80. The fraction of sp³-hybridized carbons (Fsp3) is 0. The minimum Gasteiger partial charge on any atom is -0.362 e. The topological polar surface area (TPSA) is 34.5 Å². The lowest BCUT2D eigenvalue weighted by atomic mass is 10.0. The highest BCUT2D eigenvalue weighted by molar-refractivity contribution is 6.30. The molecule has 0 fully saturated rings. The van der Waals surface area contributed by atoms with E-state index >= 15 is 0 Å². The Labute approximate surface area is 148 Å². The molecule has 1 aromatic carbocycles. The number of pyridine rings is 2. The van der Waals surface area contributed by atoms with Crippen LogP contribution in [0.15, 0.2) is 61.1 Å². The average Bonchev–Trinajstić information content (AvgIpc) is 3.06. The maximum Gasteiger partial charge on any atom is 0.254 e. The third-order valence-corrected chi connectivity index (χ3v) is 4.14. The van der Waals surface area contributed by atoms with Gasteiger partial charge in [-0.15, -0.1) is 0 Å². The van der Waals surface area contributed by atoms with E-state index in [1.165, 1.54) is 18.3 Å². The van der Waals surface area contributed by atoms with Gasteiger partial charge in [0.1, 0.15) is 5.82 Å². The summed E-state index contributed by atoms with van der Waals surface area (Å²) < 4.78 is 16.0. The number of hydrogen-bond donors (Lipinski definition) is 0. The summed E-state index contributed by atoms with van der Waals surface area (Å²) in [7, 11) is 0. The van der Waals surface area contributed by atoms with Crippen molar-refractivity contribution in [2.24, 2.45) is 0 Å². The van der Waals surface area contributed by atoms with Crippen molar-refractivity contribution in [3.63, 3.8) is 0 Å². The molecule has 4 rings (SSSR count). The van der Waals surface area contributed by atoms with Gasteiger partial charge >= 0.3 is 0 Å². The zero-order valence-corrected chi connectivity index (χ0v) is 13.6. The Morgan fingerprint density at radius 3 is 2.80 bits per heavy atom. The highest BCUT2D eigenvalue weighted by Crippen LogP contribution is 2.33. The molecule has 6 heteroatoms. The summed E-state index contributed by atoms with van der Waals surface area (Å²) in [6.07, 6.45) is 4.94. The van der Waals surface area contributed by atoms with Crippen LogP contribution in [0.5, 0.6) is 0 Å². The van der Waals surface area contributed by atoms with Crippen molar-refractivity contribution in [3.8, 4) is 22.4 Å². The van der Waals surface area contributed by atoms with E-state index in [0.717, 1.165) is 11.1 Å². The van der Waals surface area contributed by atoms with Crippen LogP contribution in [-0.2, 0) is 0 Å². The average molecular weight is 349 g/mol. The molecule has 0 aliphatic heterocycles. The van der Waals surface area contributed by atoms with E-state index < -0.39 is 5.82 Å². The van der Waals surface area contributed by atoms with Crippen molar-refractivity contribution in [1.82, 2.24) is 14.4 Å². The van der Waals surface area contributed by atoms with Crippen LogP contribution in [0.3, 0.4) is 0 Å². The molecule has 0 aliphatic rings. The molecule has 0 N–H and O–H groups in total. The van der Waals surface area contributed by atoms with E-state index in [-0.39, 0.29) is 0 Å². The van der Waals surface area contributed by atoms with Gasteiger partial charge in [-0.1, -0.05) is 24.2 Å². The first kappa shape index (κ1) is 15.3. The molecule has 4 nitrogen and oxygen atoms in total. The van der Waals surface area contributed by atoms with E-state index in [2.05, 4.69) is 14.8 Å². The van der Waals surface area contributed by atoms with Gasteiger partial charge in [-0.05, 0) is 30.3 Å². The van der Waals surface area contributed by atoms with Crippen molar-refractivity contribution in [2.45, 2.75) is 0 Å². The van der Waals surface area contributed by atoms with Gasteiger partial charge in [0.15, 0.2) is 0 Å². The van der Waals surface area contributed by atoms with Crippen LogP contribution in [0.2, 0.25) is 5.02 Å². The van der Waals surface area contributed by atoms with E-state index in [0.29, 0.717) is 27.7 Å². The van der Waals surface area contributed by atoms with Gasteiger partial charge < -0.3 is 4.85 Å². The van der Waals surface area contributed by atoms with Gasteiger partial charge in [-0.3, -0.25) is 4.98 Å². The normalized spacial score (nSPS) is 10.8.